The molecule has 0 spiro atoms. The quantitative estimate of drug-likeness (QED) is 0.665. The molecule has 0 aliphatic carbocycles. The Morgan fingerprint density at radius 1 is 0.871 bits per heavy atom. The molecule has 0 saturated carbocycles. The lowest BCUT2D eigenvalue weighted by Crippen LogP contribution is -2.38. The van der Waals surface area contributed by atoms with Crippen molar-refractivity contribution in [2.45, 2.75) is 37.0 Å². The van der Waals surface area contributed by atoms with E-state index in [4.69, 9.17) is 4.74 Å². The molecule has 0 aromatic heterocycles. The summed E-state index contributed by atoms with van der Waals surface area (Å²) in [5, 5.41) is 0. The molecule has 0 bridgehead atoms. The predicted molar refractivity (Wildman–Crippen MR) is 116 cm³/mol. The first kappa shape index (κ1) is 21.4. The highest BCUT2D eigenvalue weighted by Crippen LogP contribution is 2.31. The van der Waals surface area contributed by atoms with Gasteiger partial charge in [-0.25, -0.2) is 13.2 Å². The Bertz CT molecular complexity index is 1060. The first-order valence-electron chi connectivity index (χ1n) is 10.6. The molecule has 8 heteroatoms. The van der Waals surface area contributed by atoms with E-state index in [9.17, 15) is 18.0 Å². The van der Waals surface area contributed by atoms with Crippen LogP contribution in [0, 0.1) is 0 Å². The van der Waals surface area contributed by atoms with E-state index in [1.807, 2.05) is 24.3 Å². The van der Waals surface area contributed by atoms with E-state index in [1.54, 1.807) is 4.90 Å². The molecule has 7 nitrogen and oxygen atoms in total. The summed E-state index contributed by atoms with van der Waals surface area (Å²) in [5.74, 6) is -0.839. The van der Waals surface area contributed by atoms with Gasteiger partial charge in [-0.2, -0.15) is 0 Å². The van der Waals surface area contributed by atoms with E-state index in [1.165, 1.54) is 28.6 Å². The summed E-state index contributed by atoms with van der Waals surface area (Å²) in [7, 11) is -3.74. The van der Waals surface area contributed by atoms with Crippen molar-refractivity contribution in [2.24, 2.45) is 0 Å². The number of carbonyl (C=O) groups excluding carboxylic acids is 2. The van der Waals surface area contributed by atoms with Crippen molar-refractivity contribution in [1.29, 1.82) is 0 Å². The van der Waals surface area contributed by atoms with Crippen LogP contribution in [0.2, 0.25) is 0 Å². The summed E-state index contributed by atoms with van der Waals surface area (Å²) >= 11 is 0. The van der Waals surface area contributed by atoms with E-state index < -0.39 is 16.0 Å². The number of fused-ring (bicyclic) bond motifs is 1. The number of carbonyl (C=O) groups is 2. The SMILES string of the molecule is O=C(OCC(=O)N1CCCCC1)c1ccc(S(=O)(=O)N2CCCc3ccccc32)cc1. The smallest absolute Gasteiger partial charge is 0.338 e. The van der Waals surface area contributed by atoms with Gasteiger partial charge in [0.05, 0.1) is 16.1 Å². The fraction of sp³-hybridized carbons (Fsp3) is 0.391. The fourth-order valence-corrected chi connectivity index (χ4v) is 5.63. The molecule has 2 aromatic carbocycles. The summed E-state index contributed by atoms with van der Waals surface area (Å²) in [6.45, 7) is 1.51. The molecule has 31 heavy (non-hydrogen) atoms. The number of sulfonamides is 1. The van der Waals surface area contributed by atoms with Crippen LogP contribution in [0.15, 0.2) is 53.4 Å². The number of anilines is 1. The van der Waals surface area contributed by atoms with Gasteiger partial charge >= 0.3 is 5.97 Å². The van der Waals surface area contributed by atoms with Gasteiger partial charge in [0.15, 0.2) is 6.61 Å². The molecular formula is C23H26N2O5S. The van der Waals surface area contributed by atoms with Gasteiger partial charge in [0.2, 0.25) is 0 Å². The average molecular weight is 443 g/mol. The second-order valence-electron chi connectivity index (χ2n) is 7.85. The molecule has 0 unspecified atom stereocenters. The third-order valence-corrected chi connectivity index (χ3v) is 7.61. The maximum Gasteiger partial charge on any atom is 0.338 e. The molecule has 1 amide bonds. The van der Waals surface area contributed by atoms with E-state index in [-0.39, 0.29) is 23.0 Å². The van der Waals surface area contributed by atoms with Gasteiger partial charge in [-0.1, -0.05) is 18.2 Å². The van der Waals surface area contributed by atoms with Gasteiger partial charge in [-0.15, -0.1) is 0 Å². The predicted octanol–water partition coefficient (Wildman–Crippen LogP) is 3.00. The Balaban J connectivity index is 1.43. The van der Waals surface area contributed by atoms with Crippen LogP contribution in [-0.4, -0.2) is 51.4 Å². The minimum absolute atomic E-state index is 0.116. The van der Waals surface area contributed by atoms with Gasteiger partial charge < -0.3 is 9.64 Å². The van der Waals surface area contributed by atoms with Crippen molar-refractivity contribution in [3.05, 3.63) is 59.7 Å². The Labute approximate surface area is 182 Å². The first-order valence-corrected chi connectivity index (χ1v) is 12.1. The number of piperidine rings is 1. The maximum absolute atomic E-state index is 13.2. The Kier molecular flexibility index (Phi) is 6.27. The molecule has 2 aliphatic rings. The van der Waals surface area contributed by atoms with Gasteiger partial charge in [0.25, 0.3) is 15.9 Å². The Hall–Kier alpha value is -2.87. The van der Waals surface area contributed by atoms with Gasteiger partial charge in [-0.05, 0) is 68.0 Å². The van der Waals surface area contributed by atoms with Crippen molar-refractivity contribution in [3.8, 4) is 0 Å². The van der Waals surface area contributed by atoms with Crippen molar-refractivity contribution in [1.82, 2.24) is 4.90 Å². The zero-order valence-corrected chi connectivity index (χ0v) is 18.1. The van der Waals surface area contributed by atoms with Crippen molar-refractivity contribution < 1.29 is 22.7 Å². The van der Waals surface area contributed by atoms with E-state index in [2.05, 4.69) is 0 Å². The molecule has 164 valence electrons. The van der Waals surface area contributed by atoms with Gasteiger partial charge in [-0.3, -0.25) is 9.10 Å². The summed E-state index contributed by atoms with van der Waals surface area (Å²) < 4.78 is 32.9. The molecule has 0 atom stereocenters. The fourth-order valence-electron chi connectivity index (χ4n) is 4.08. The lowest BCUT2D eigenvalue weighted by Gasteiger charge is -2.30. The summed E-state index contributed by atoms with van der Waals surface area (Å²) in [4.78, 5) is 26.3. The number of hydrogen-bond acceptors (Lipinski definition) is 5. The third-order valence-electron chi connectivity index (χ3n) is 5.78. The lowest BCUT2D eigenvalue weighted by molar-refractivity contribution is -0.135. The highest BCUT2D eigenvalue weighted by atomic mass is 32.2. The molecular weight excluding hydrogens is 416 g/mol. The number of likely N-dealkylation sites (tertiary alicyclic amines) is 1. The first-order chi connectivity index (χ1) is 15.0. The summed E-state index contributed by atoms with van der Waals surface area (Å²) in [6.07, 6.45) is 4.66. The van der Waals surface area contributed by atoms with Crippen LogP contribution < -0.4 is 4.31 Å². The second kappa shape index (κ2) is 9.09. The number of para-hydroxylation sites is 1. The maximum atomic E-state index is 13.2. The Morgan fingerprint density at radius 3 is 2.32 bits per heavy atom. The second-order valence-corrected chi connectivity index (χ2v) is 9.71. The molecule has 1 saturated heterocycles. The number of benzene rings is 2. The van der Waals surface area contributed by atoms with Crippen molar-refractivity contribution in [2.75, 3.05) is 30.5 Å². The monoisotopic (exact) mass is 442 g/mol. The van der Waals surface area contributed by atoms with Crippen molar-refractivity contribution >= 4 is 27.6 Å². The third kappa shape index (κ3) is 4.58. The largest absolute Gasteiger partial charge is 0.452 e. The number of ether oxygens (including phenoxy) is 1. The van der Waals surface area contributed by atoms with Crippen LogP contribution >= 0.6 is 0 Å². The van der Waals surface area contributed by atoms with Crippen LogP contribution in [0.4, 0.5) is 5.69 Å². The molecule has 0 N–H and O–H groups in total. The number of hydrogen-bond donors (Lipinski definition) is 0. The van der Waals surface area contributed by atoms with E-state index in [0.29, 0.717) is 25.3 Å². The minimum atomic E-state index is -3.74. The highest BCUT2D eigenvalue weighted by molar-refractivity contribution is 7.92. The molecule has 4 rings (SSSR count). The molecule has 2 heterocycles. The topological polar surface area (TPSA) is 84.0 Å². The standard InChI is InChI=1S/C23H26N2O5S/c26-22(24-14-4-1-5-15-24)17-30-23(27)19-10-12-20(13-11-19)31(28,29)25-16-6-8-18-7-2-3-9-21(18)25/h2-3,7,9-13H,1,4-6,8,14-17H2. The number of nitrogens with zero attached hydrogens (tertiary/aromatic N) is 2. The zero-order chi connectivity index (χ0) is 21.8. The van der Waals surface area contributed by atoms with Crippen LogP contribution in [0.1, 0.15) is 41.6 Å². The normalized spacial score (nSPS) is 16.5. The van der Waals surface area contributed by atoms with Crippen LogP contribution in [-0.2, 0) is 26.0 Å². The van der Waals surface area contributed by atoms with Crippen LogP contribution in [0.3, 0.4) is 0 Å². The van der Waals surface area contributed by atoms with Crippen LogP contribution in [0.25, 0.3) is 0 Å². The highest BCUT2D eigenvalue weighted by Gasteiger charge is 2.29. The minimum Gasteiger partial charge on any atom is -0.452 e. The van der Waals surface area contributed by atoms with Gasteiger partial charge in [0.1, 0.15) is 0 Å². The number of amides is 1. The van der Waals surface area contributed by atoms with Crippen LogP contribution in [0.5, 0.6) is 0 Å². The van der Waals surface area contributed by atoms with Gasteiger partial charge in [0, 0.05) is 19.6 Å². The number of esters is 1. The molecule has 0 radical (unpaired) electrons. The summed E-state index contributed by atoms with van der Waals surface area (Å²) in [6, 6.07) is 13.2. The number of rotatable bonds is 5. The lowest BCUT2D eigenvalue weighted by atomic mass is 10.0. The zero-order valence-electron chi connectivity index (χ0n) is 17.3. The molecule has 1 fully saturated rings. The van der Waals surface area contributed by atoms with E-state index in [0.717, 1.165) is 37.7 Å². The van der Waals surface area contributed by atoms with E-state index >= 15 is 0 Å². The summed E-state index contributed by atoms with van der Waals surface area (Å²) in [5.41, 5.74) is 1.92. The molecule has 2 aliphatic heterocycles. The molecule has 2 aromatic rings. The number of aryl methyl sites for hydroxylation is 1. The average Bonchev–Trinajstić information content (AvgIpc) is 2.82. The Morgan fingerprint density at radius 2 is 1.58 bits per heavy atom. The van der Waals surface area contributed by atoms with Crippen molar-refractivity contribution in [3.63, 3.8) is 0 Å².